The Balaban J connectivity index is 1.96. The molecule has 0 bridgehead atoms. The first-order chi connectivity index (χ1) is 15.2. The number of carbonyl (C=O) groups is 4. The molecule has 4 rings (SSSR count). The summed E-state index contributed by atoms with van der Waals surface area (Å²) in [6.07, 6.45) is -2.22. The number of aliphatic hydroxyl groups excluding tert-OH is 1. The Bertz CT molecular complexity index is 1100. The lowest BCUT2D eigenvalue weighted by atomic mass is 9.49. The number of phenolic OH excluding ortho intramolecular Hbond substituents is 1. The minimum absolute atomic E-state index is 0.000779. The van der Waals surface area contributed by atoms with Crippen LogP contribution >= 0.6 is 11.6 Å². The Labute approximate surface area is 193 Å². The van der Waals surface area contributed by atoms with E-state index in [0.29, 0.717) is 0 Å². The number of fused-ring (bicyclic) bond motifs is 3. The van der Waals surface area contributed by atoms with Crippen LogP contribution in [0.5, 0.6) is 5.75 Å². The molecule has 0 amide bonds. The van der Waals surface area contributed by atoms with Gasteiger partial charge in [-0.1, -0.05) is 11.6 Å². The highest BCUT2D eigenvalue weighted by Gasteiger charge is 2.71. The number of nitrogens with two attached hydrogens (primary N) is 1. The van der Waals surface area contributed by atoms with Crippen LogP contribution in [0.2, 0.25) is 5.02 Å². The lowest BCUT2D eigenvalue weighted by Crippen LogP contribution is -2.75. The van der Waals surface area contributed by atoms with Crippen LogP contribution in [0.15, 0.2) is 12.1 Å². The van der Waals surface area contributed by atoms with Gasteiger partial charge in [-0.2, -0.15) is 0 Å². The predicted octanol–water partition coefficient (Wildman–Crippen LogP) is -1.02. The molecule has 3 aliphatic rings. The zero-order chi connectivity index (χ0) is 24.8. The summed E-state index contributed by atoms with van der Waals surface area (Å²) in [5.41, 5.74) is 0.334. The van der Waals surface area contributed by atoms with Gasteiger partial charge in [-0.3, -0.25) is 24.1 Å². The third kappa shape index (κ3) is 2.92. The number of likely N-dealkylation sites (N-methyl/N-ethyl adjacent to an activating group) is 1. The number of rotatable bonds is 2. The third-order valence-corrected chi connectivity index (χ3v) is 7.84. The van der Waals surface area contributed by atoms with Gasteiger partial charge in [-0.15, -0.1) is 0 Å². The Morgan fingerprint density at radius 1 is 1.12 bits per heavy atom. The van der Waals surface area contributed by atoms with E-state index in [4.69, 9.17) is 17.3 Å². The molecular formula is C22H25ClN2O8. The van der Waals surface area contributed by atoms with Crippen LogP contribution in [0, 0.1) is 23.7 Å². The third-order valence-electron chi connectivity index (χ3n) is 7.53. The van der Waals surface area contributed by atoms with Crippen LogP contribution in [0.3, 0.4) is 0 Å². The van der Waals surface area contributed by atoms with Gasteiger partial charge in [0.15, 0.2) is 28.7 Å². The number of phenols is 1. The largest absolute Gasteiger partial charge is 0.507 e. The first-order valence-electron chi connectivity index (χ1n) is 10.4. The monoisotopic (exact) mass is 480 g/mol. The molecule has 0 saturated heterocycles. The van der Waals surface area contributed by atoms with Crippen molar-refractivity contribution < 1.29 is 39.6 Å². The van der Waals surface area contributed by atoms with Crippen LogP contribution in [0.1, 0.15) is 29.3 Å². The maximum absolute atomic E-state index is 13.7. The number of nitrogens with zero attached hydrogens (tertiary/aromatic N) is 1. The van der Waals surface area contributed by atoms with Crippen LogP contribution in [0.25, 0.3) is 0 Å². The van der Waals surface area contributed by atoms with E-state index < -0.39 is 76.0 Å². The molecule has 0 aliphatic heterocycles. The van der Waals surface area contributed by atoms with E-state index in [2.05, 4.69) is 0 Å². The van der Waals surface area contributed by atoms with E-state index >= 15 is 0 Å². The topological polar surface area (TPSA) is 178 Å². The van der Waals surface area contributed by atoms with E-state index in [-0.39, 0.29) is 22.6 Å². The second-order valence-electron chi connectivity index (χ2n) is 9.53. The molecule has 1 aromatic carbocycles. The van der Waals surface area contributed by atoms with Crippen molar-refractivity contribution in [2.24, 2.45) is 29.4 Å². The van der Waals surface area contributed by atoms with E-state index in [1.165, 1.54) is 32.0 Å². The van der Waals surface area contributed by atoms with E-state index in [1.807, 2.05) is 0 Å². The Kier molecular flexibility index (Phi) is 5.36. The lowest BCUT2D eigenvalue weighted by molar-refractivity contribution is -0.190. The number of carbonyl (C=O) groups excluding carboxylic acids is 4. The van der Waals surface area contributed by atoms with Crippen LogP contribution in [-0.2, 0) is 20.0 Å². The van der Waals surface area contributed by atoms with Gasteiger partial charge < -0.3 is 26.2 Å². The summed E-state index contributed by atoms with van der Waals surface area (Å²) in [5, 5.41) is 43.3. The fourth-order valence-electron chi connectivity index (χ4n) is 6.04. The lowest BCUT2D eigenvalue weighted by Gasteiger charge is -2.55. The fourth-order valence-corrected chi connectivity index (χ4v) is 6.39. The predicted molar refractivity (Wildman–Crippen MR) is 113 cm³/mol. The number of benzene rings is 1. The average molecular weight is 481 g/mol. The number of Topliss-reactive ketones (excluding diaryl/α,β-unsaturated/α-hetero) is 4. The first-order valence-corrected chi connectivity index (χ1v) is 10.8. The van der Waals surface area contributed by atoms with Gasteiger partial charge in [0.25, 0.3) is 0 Å². The zero-order valence-corrected chi connectivity index (χ0v) is 18.9. The number of aliphatic hydroxyl groups is 3. The van der Waals surface area contributed by atoms with Crippen molar-refractivity contribution in [1.29, 1.82) is 0 Å². The van der Waals surface area contributed by atoms with Crippen LogP contribution in [0.4, 0.5) is 0 Å². The standard InChI is InChI=1S/C22H25ClN2O8/c1-21(32)7-6-8-15(25(2)3)17(28)13(20(24)31)19(30)22(8,33)18(29)11(7)16(27)12-10(26)5-4-9(23)14(12)21/h4-5,7-8,11,13,15,20,26,31-33H,6,24H2,1-3H3. The Morgan fingerprint density at radius 2 is 1.73 bits per heavy atom. The van der Waals surface area contributed by atoms with Gasteiger partial charge in [-0.05, 0) is 39.6 Å². The highest BCUT2D eigenvalue weighted by Crippen LogP contribution is 2.56. The van der Waals surface area contributed by atoms with Crippen LogP contribution in [-0.4, -0.2) is 80.4 Å². The number of hydrogen-bond donors (Lipinski definition) is 5. The van der Waals surface area contributed by atoms with Crippen molar-refractivity contribution in [3.8, 4) is 5.75 Å². The molecule has 8 unspecified atom stereocenters. The van der Waals surface area contributed by atoms with Crippen molar-refractivity contribution >= 4 is 34.7 Å². The van der Waals surface area contributed by atoms with Gasteiger partial charge in [0, 0.05) is 22.4 Å². The van der Waals surface area contributed by atoms with E-state index in [0.717, 1.165) is 6.07 Å². The molecule has 0 heterocycles. The summed E-state index contributed by atoms with van der Waals surface area (Å²) in [4.78, 5) is 54.8. The first kappa shape index (κ1) is 23.9. The molecule has 0 radical (unpaired) electrons. The molecule has 2 saturated carbocycles. The van der Waals surface area contributed by atoms with Crippen molar-refractivity contribution in [3.05, 3.63) is 28.3 Å². The molecule has 33 heavy (non-hydrogen) atoms. The summed E-state index contributed by atoms with van der Waals surface area (Å²) in [6, 6.07) is 1.25. The molecule has 10 nitrogen and oxygen atoms in total. The molecule has 1 aromatic rings. The van der Waals surface area contributed by atoms with Crippen molar-refractivity contribution in [2.75, 3.05) is 14.1 Å². The van der Waals surface area contributed by atoms with Gasteiger partial charge in [0.1, 0.15) is 17.9 Å². The quantitative estimate of drug-likeness (QED) is 0.260. The fraction of sp³-hybridized carbons (Fsp3) is 0.545. The molecule has 6 N–H and O–H groups in total. The molecule has 2 fully saturated rings. The number of hydrogen-bond acceptors (Lipinski definition) is 10. The molecule has 3 aliphatic carbocycles. The van der Waals surface area contributed by atoms with Crippen LogP contribution < -0.4 is 5.73 Å². The molecule has 11 heteroatoms. The Morgan fingerprint density at radius 3 is 2.27 bits per heavy atom. The van der Waals surface area contributed by atoms with Crippen molar-refractivity contribution in [3.63, 3.8) is 0 Å². The Hall–Kier alpha value is -2.21. The SMILES string of the molecule is CN(C)C1C(=O)C(C(N)O)C(=O)C2(O)C(=O)C3C(=O)c4c(O)ccc(Cl)c4C(C)(O)C3CC12. The van der Waals surface area contributed by atoms with Crippen molar-refractivity contribution in [1.82, 2.24) is 4.90 Å². The highest BCUT2D eigenvalue weighted by atomic mass is 35.5. The maximum atomic E-state index is 13.7. The number of ketones is 4. The molecule has 0 aromatic heterocycles. The minimum atomic E-state index is -2.80. The van der Waals surface area contributed by atoms with E-state index in [9.17, 15) is 39.6 Å². The molecule has 8 atom stereocenters. The summed E-state index contributed by atoms with van der Waals surface area (Å²) < 4.78 is 0. The highest BCUT2D eigenvalue weighted by molar-refractivity contribution is 6.33. The maximum Gasteiger partial charge on any atom is 0.187 e. The van der Waals surface area contributed by atoms with Gasteiger partial charge in [0.2, 0.25) is 0 Å². The summed E-state index contributed by atoms with van der Waals surface area (Å²) in [6.45, 7) is 1.34. The second kappa shape index (κ2) is 7.39. The van der Waals surface area contributed by atoms with Crippen molar-refractivity contribution in [2.45, 2.75) is 36.8 Å². The smallest absolute Gasteiger partial charge is 0.187 e. The summed E-state index contributed by atoms with van der Waals surface area (Å²) in [7, 11) is 3.01. The normalized spacial score (nSPS) is 39.2. The second-order valence-corrected chi connectivity index (χ2v) is 9.94. The molecular weight excluding hydrogens is 456 g/mol. The minimum Gasteiger partial charge on any atom is -0.507 e. The number of halogens is 1. The molecule has 0 spiro atoms. The van der Waals surface area contributed by atoms with E-state index in [1.54, 1.807) is 0 Å². The number of aromatic hydroxyl groups is 1. The van der Waals surface area contributed by atoms with Gasteiger partial charge >= 0.3 is 0 Å². The zero-order valence-electron chi connectivity index (χ0n) is 18.2. The van der Waals surface area contributed by atoms with Gasteiger partial charge in [-0.25, -0.2) is 0 Å². The summed E-state index contributed by atoms with van der Waals surface area (Å²) in [5.74, 6) is -10.6. The van der Waals surface area contributed by atoms with Gasteiger partial charge in [0.05, 0.1) is 23.1 Å². The summed E-state index contributed by atoms with van der Waals surface area (Å²) >= 11 is 6.26. The molecule has 178 valence electrons. The average Bonchev–Trinajstić information content (AvgIpc) is 2.69.